The molecule has 0 atom stereocenters. The van der Waals surface area contributed by atoms with Crippen LogP contribution in [0.2, 0.25) is 0 Å². The van der Waals surface area contributed by atoms with Gasteiger partial charge in [-0.15, -0.1) is 5.10 Å². The minimum Gasteiger partial charge on any atom is -0.317 e. The lowest BCUT2D eigenvalue weighted by Gasteiger charge is -2.27. The number of hydrogen-bond donors (Lipinski definition) is 1. The number of benzene rings is 1. The van der Waals surface area contributed by atoms with Gasteiger partial charge in [-0.25, -0.2) is 4.68 Å². The van der Waals surface area contributed by atoms with Gasteiger partial charge in [0.25, 0.3) is 0 Å². The fraction of sp³-hybridized carbons (Fsp3) is 0.526. The first kappa shape index (κ1) is 16.3. The van der Waals surface area contributed by atoms with Crippen LogP contribution in [0, 0.1) is 0 Å². The normalized spacial score (nSPS) is 22.9. The fourth-order valence-electron chi connectivity index (χ4n) is 4.10. The standard InChI is InChI=1S/C19H25N5O/c1-13(25)23-10-9-15-11-14(3-8-19(15)23)18-12-24(22-21-18)17-6-4-16(20-2)5-7-17/h3,8,11-12,16-17,20H,4-7,9-10H2,1-2H3. The molecule has 1 aliphatic heterocycles. The Labute approximate surface area is 148 Å². The van der Waals surface area contributed by atoms with Crippen molar-refractivity contribution >= 4 is 11.6 Å². The highest BCUT2D eigenvalue weighted by Crippen LogP contribution is 2.33. The van der Waals surface area contributed by atoms with Crippen molar-refractivity contribution < 1.29 is 4.79 Å². The zero-order chi connectivity index (χ0) is 17.4. The van der Waals surface area contributed by atoms with Crippen LogP contribution in [0.15, 0.2) is 24.4 Å². The summed E-state index contributed by atoms with van der Waals surface area (Å²) in [6.07, 6.45) is 7.65. The van der Waals surface area contributed by atoms with Gasteiger partial charge in [0.2, 0.25) is 5.91 Å². The monoisotopic (exact) mass is 339 g/mol. The van der Waals surface area contributed by atoms with Crippen molar-refractivity contribution in [2.45, 2.75) is 51.1 Å². The second-order valence-corrected chi connectivity index (χ2v) is 7.14. The van der Waals surface area contributed by atoms with Crippen LogP contribution in [0.3, 0.4) is 0 Å². The molecule has 1 saturated carbocycles. The van der Waals surface area contributed by atoms with E-state index in [1.807, 2.05) is 28.8 Å². The van der Waals surface area contributed by atoms with E-state index < -0.39 is 0 Å². The molecule has 2 aliphatic rings. The molecule has 0 bridgehead atoms. The summed E-state index contributed by atoms with van der Waals surface area (Å²) < 4.78 is 2.04. The molecule has 0 unspecified atom stereocenters. The summed E-state index contributed by atoms with van der Waals surface area (Å²) in [7, 11) is 2.04. The maximum atomic E-state index is 11.7. The summed E-state index contributed by atoms with van der Waals surface area (Å²) in [5.74, 6) is 0.106. The van der Waals surface area contributed by atoms with Gasteiger partial charge in [0.15, 0.2) is 0 Å². The molecule has 1 aromatic carbocycles. The molecule has 1 N–H and O–H groups in total. The van der Waals surface area contributed by atoms with Gasteiger partial charge in [0.1, 0.15) is 5.69 Å². The molecule has 1 aliphatic carbocycles. The summed E-state index contributed by atoms with van der Waals surface area (Å²) in [5, 5.41) is 12.2. The maximum Gasteiger partial charge on any atom is 0.223 e. The van der Waals surface area contributed by atoms with Crippen molar-refractivity contribution in [1.29, 1.82) is 0 Å². The number of nitrogens with zero attached hydrogens (tertiary/aromatic N) is 4. The van der Waals surface area contributed by atoms with Gasteiger partial charge in [-0.2, -0.15) is 0 Å². The number of fused-ring (bicyclic) bond motifs is 1. The highest BCUT2D eigenvalue weighted by molar-refractivity contribution is 5.94. The van der Waals surface area contributed by atoms with Crippen molar-refractivity contribution in [3.8, 4) is 11.3 Å². The summed E-state index contributed by atoms with van der Waals surface area (Å²) in [5.41, 5.74) is 4.25. The van der Waals surface area contributed by atoms with E-state index in [4.69, 9.17) is 0 Å². The first-order chi connectivity index (χ1) is 12.2. The topological polar surface area (TPSA) is 63.1 Å². The largest absolute Gasteiger partial charge is 0.317 e. The molecular formula is C19H25N5O. The van der Waals surface area contributed by atoms with Crippen molar-refractivity contribution in [3.63, 3.8) is 0 Å². The summed E-state index contributed by atoms with van der Waals surface area (Å²) in [4.78, 5) is 13.5. The number of carbonyl (C=O) groups excluding carboxylic acids is 1. The smallest absolute Gasteiger partial charge is 0.223 e. The Morgan fingerprint density at radius 3 is 2.76 bits per heavy atom. The van der Waals surface area contributed by atoms with Crippen LogP contribution in [0.1, 0.15) is 44.2 Å². The molecule has 2 heterocycles. The average Bonchev–Trinajstić information content (AvgIpc) is 3.28. The highest BCUT2D eigenvalue weighted by Gasteiger charge is 2.24. The second-order valence-electron chi connectivity index (χ2n) is 7.14. The quantitative estimate of drug-likeness (QED) is 0.933. The minimum atomic E-state index is 0.106. The van der Waals surface area contributed by atoms with Gasteiger partial charge in [0.05, 0.1) is 12.2 Å². The molecule has 2 aromatic rings. The number of hydrogen-bond acceptors (Lipinski definition) is 4. The number of amides is 1. The Morgan fingerprint density at radius 1 is 1.24 bits per heavy atom. The molecule has 0 saturated heterocycles. The SMILES string of the molecule is CNC1CCC(n2cc(-c3ccc4c(c3)CCN4C(C)=O)nn2)CC1. The van der Waals surface area contributed by atoms with E-state index in [1.165, 1.54) is 18.4 Å². The van der Waals surface area contributed by atoms with Gasteiger partial charge >= 0.3 is 0 Å². The number of carbonyl (C=O) groups is 1. The first-order valence-corrected chi connectivity index (χ1v) is 9.16. The van der Waals surface area contributed by atoms with Crippen LogP contribution >= 0.6 is 0 Å². The molecule has 4 rings (SSSR count). The molecule has 1 aromatic heterocycles. The fourth-order valence-corrected chi connectivity index (χ4v) is 4.10. The lowest BCUT2D eigenvalue weighted by molar-refractivity contribution is -0.116. The number of anilines is 1. The number of aromatic nitrogens is 3. The van der Waals surface area contributed by atoms with Crippen LogP contribution < -0.4 is 10.2 Å². The predicted octanol–water partition coefficient (Wildman–Crippen LogP) is 2.56. The third kappa shape index (κ3) is 3.06. The molecule has 1 amide bonds. The predicted molar refractivity (Wildman–Crippen MR) is 97.5 cm³/mol. The van der Waals surface area contributed by atoms with Crippen LogP contribution in [0.5, 0.6) is 0 Å². The van der Waals surface area contributed by atoms with Crippen molar-refractivity contribution in [1.82, 2.24) is 20.3 Å². The van der Waals surface area contributed by atoms with E-state index in [-0.39, 0.29) is 5.91 Å². The average molecular weight is 339 g/mol. The van der Waals surface area contributed by atoms with Gasteiger partial charge in [0, 0.05) is 30.8 Å². The molecule has 6 heteroatoms. The van der Waals surface area contributed by atoms with E-state index >= 15 is 0 Å². The Bertz CT molecular complexity index is 776. The van der Waals surface area contributed by atoms with Crippen molar-refractivity contribution in [2.75, 3.05) is 18.5 Å². The van der Waals surface area contributed by atoms with Crippen molar-refractivity contribution in [2.24, 2.45) is 0 Å². The van der Waals surface area contributed by atoms with Crippen LogP contribution in [0.4, 0.5) is 5.69 Å². The molecule has 0 spiro atoms. The summed E-state index contributed by atoms with van der Waals surface area (Å²) >= 11 is 0. The highest BCUT2D eigenvalue weighted by atomic mass is 16.2. The molecule has 1 fully saturated rings. The Kier molecular flexibility index (Phi) is 4.29. The van der Waals surface area contributed by atoms with E-state index in [2.05, 4.69) is 27.9 Å². The number of nitrogens with one attached hydrogen (secondary N) is 1. The first-order valence-electron chi connectivity index (χ1n) is 9.16. The van der Waals surface area contributed by atoms with Crippen molar-refractivity contribution in [3.05, 3.63) is 30.0 Å². The second kappa shape index (κ2) is 6.59. The minimum absolute atomic E-state index is 0.106. The number of rotatable bonds is 3. The lowest BCUT2D eigenvalue weighted by Crippen LogP contribution is -2.31. The third-order valence-electron chi connectivity index (χ3n) is 5.64. The molecule has 6 nitrogen and oxygen atoms in total. The van der Waals surface area contributed by atoms with E-state index in [0.29, 0.717) is 12.1 Å². The van der Waals surface area contributed by atoms with Crippen LogP contribution in [-0.2, 0) is 11.2 Å². The maximum absolute atomic E-state index is 11.7. The Hall–Kier alpha value is -2.21. The zero-order valence-corrected chi connectivity index (χ0v) is 14.9. The van der Waals surface area contributed by atoms with Crippen LogP contribution in [-0.4, -0.2) is 40.5 Å². The van der Waals surface area contributed by atoms with Gasteiger partial charge < -0.3 is 10.2 Å². The van der Waals surface area contributed by atoms with Gasteiger partial charge in [-0.3, -0.25) is 4.79 Å². The van der Waals surface area contributed by atoms with Gasteiger partial charge in [-0.1, -0.05) is 11.3 Å². The lowest BCUT2D eigenvalue weighted by atomic mass is 9.91. The third-order valence-corrected chi connectivity index (χ3v) is 5.64. The molecule has 0 radical (unpaired) electrons. The zero-order valence-electron chi connectivity index (χ0n) is 14.9. The Morgan fingerprint density at radius 2 is 2.04 bits per heavy atom. The van der Waals surface area contributed by atoms with E-state index in [9.17, 15) is 4.79 Å². The van der Waals surface area contributed by atoms with Gasteiger partial charge in [-0.05, 0) is 56.8 Å². The van der Waals surface area contributed by atoms with E-state index in [1.54, 1.807) is 6.92 Å². The molecular weight excluding hydrogens is 314 g/mol. The Balaban J connectivity index is 1.52. The molecule has 25 heavy (non-hydrogen) atoms. The molecule has 132 valence electrons. The van der Waals surface area contributed by atoms with E-state index in [0.717, 1.165) is 42.8 Å². The summed E-state index contributed by atoms with van der Waals surface area (Å²) in [6, 6.07) is 7.33. The van der Waals surface area contributed by atoms with Crippen LogP contribution in [0.25, 0.3) is 11.3 Å². The summed E-state index contributed by atoms with van der Waals surface area (Å²) in [6.45, 7) is 2.40.